The Kier molecular flexibility index (Phi) is 1.83. The highest BCUT2D eigenvalue weighted by molar-refractivity contribution is 5.99. The molecule has 0 spiro atoms. The van der Waals surface area contributed by atoms with E-state index in [0.717, 1.165) is 24.0 Å². The maximum Gasteiger partial charge on any atom is 0.264 e. The van der Waals surface area contributed by atoms with Crippen LogP contribution in [0.1, 0.15) is 33.6 Å². The average Bonchev–Trinajstić information content (AvgIpc) is 2.29. The molecule has 0 bridgehead atoms. The number of hydrazine groups is 1. The molecule has 3 heteroatoms. The predicted molar refractivity (Wildman–Crippen MR) is 55.1 cm³/mol. The first kappa shape index (κ1) is 9.46. The Morgan fingerprint density at radius 2 is 2.07 bits per heavy atom. The quantitative estimate of drug-likeness (QED) is 0.467. The average molecular weight is 192 g/mol. The van der Waals surface area contributed by atoms with Crippen LogP contribution in [0.3, 0.4) is 0 Å². The molecule has 14 heavy (non-hydrogen) atoms. The molecule has 0 aromatic carbocycles. The van der Waals surface area contributed by atoms with Crippen LogP contribution in [-0.2, 0) is 4.79 Å². The van der Waals surface area contributed by atoms with Crippen LogP contribution in [-0.4, -0.2) is 16.5 Å². The van der Waals surface area contributed by atoms with E-state index in [2.05, 4.69) is 13.0 Å². The third kappa shape index (κ3) is 1.05. The van der Waals surface area contributed by atoms with Crippen LogP contribution in [0.2, 0.25) is 0 Å². The summed E-state index contributed by atoms with van der Waals surface area (Å²) in [6, 6.07) is 0. The van der Waals surface area contributed by atoms with Gasteiger partial charge in [-0.05, 0) is 39.2 Å². The van der Waals surface area contributed by atoms with Crippen molar-refractivity contribution in [3.63, 3.8) is 0 Å². The van der Waals surface area contributed by atoms with Gasteiger partial charge in [-0.1, -0.05) is 11.6 Å². The Balaban J connectivity index is 2.53. The van der Waals surface area contributed by atoms with Crippen LogP contribution in [0.4, 0.5) is 0 Å². The van der Waals surface area contributed by atoms with E-state index in [0.29, 0.717) is 0 Å². The number of carbonyl (C=O) groups is 1. The fourth-order valence-corrected chi connectivity index (χ4v) is 2.16. The van der Waals surface area contributed by atoms with Crippen molar-refractivity contribution in [3.05, 3.63) is 22.8 Å². The van der Waals surface area contributed by atoms with E-state index in [1.165, 1.54) is 10.6 Å². The molecule has 0 atom stereocenters. The lowest BCUT2D eigenvalue weighted by atomic mass is 9.86. The molecule has 0 aromatic heterocycles. The summed E-state index contributed by atoms with van der Waals surface area (Å²) in [6.07, 6.45) is 3.94. The third-order valence-electron chi connectivity index (χ3n) is 3.22. The van der Waals surface area contributed by atoms with Crippen molar-refractivity contribution in [1.82, 2.24) is 5.01 Å². The van der Waals surface area contributed by atoms with Gasteiger partial charge in [-0.15, -0.1) is 0 Å². The number of carbonyl (C=O) groups excluding carboxylic acids is 1. The Morgan fingerprint density at radius 3 is 2.71 bits per heavy atom. The Hall–Kier alpha value is -1.09. The van der Waals surface area contributed by atoms with Crippen molar-refractivity contribution in [2.24, 2.45) is 5.84 Å². The van der Waals surface area contributed by atoms with Gasteiger partial charge in [0.05, 0.1) is 5.54 Å². The molecule has 3 nitrogen and oxygen atoms in total. The Morgan fingerprint density at radius 1 is 1.43 bits per heavy atom. The highest BCUT2D eigenvalue weighted by Gasteiger charge is 2.43. The van der Waals surface area contributed by atoms with Gasteiger partial charge in [0.15, 0.2) is 0 Å². The molecular formula is C11H16N2O. The van der Waals surface area contributed by atoms with E-state index in [9.17, 15) is 4.79 Å². The van der Waals surface area contributed by atoms with E-state index < -0.39 is 0 Å². The van der Waals surface area contributed by atoms with E-state index in [1.54, 1.807) is 0 Å². The van der Waals surface area contributed by atoms with Crippen molar-refractivity contribution in [1.29, 1.82) is 0 Å². The Labute approximate surface area is 84.2 Å². The standard InChI is InChI=1S/C11H16N2O/c1-7-4-5-8-9(6-7)11(2,3)13(12)10(8)14/h6H,4-5,12H2,1-3H3. The fourth-order valence-electron chi connectivity index (χ4n) is 2.16. The molecule has 1 aliphatic carbocycles. The second-order valence-electron chi connectivity index (χ2n) is 4.62. The first-order chi connectivity index (χ1) is 6.44. The zero-order valence-electron chi connectivity index (χ0n) is 8.92. The summed E-state index contributed by atoms with van der Waals surface area (Å²) in [4.78, 5) is 11.8. The van der Waals surface area contributed by atoms with Crippen molar-refractivity contribution in [2.75, 3.05) is 0 Å². The number of rotatable bonds is 0. The summed E-state index contributed by atoms with van der Waals surface area (Å²) in [5.41, 5.74) is 3.01. The summed E-state index contributed by atoms with van der Waals surface area (Å²) in [5.74, 6) is 5.77. The van der Waals surface area contributed by atoms with Crippen molar-refractivity contribution in [3.8, 4) is 0 Å². The zero-order valence-corrected chi connectivity index (χ0v) is 8.92. The maximum atomic E-state index is 11.8. The molecule has 76 valence electrons. The number of nitrogens with zero attached hydrogens (tertiary/aromatic N) is 1. The number of nitrogens with two attached hydrogens (primary N) is 1. The summed E-state index contributed by atoms with van der Waals surface area (Å²) in [7, 11) is 0. The van der Waals surface area contributed by atoms with Crippen LogP contribution in [0, 0.1) is 0 Å². The summed E-state index contributed by atoms with van der Waals surface area (Å²) >= 11 is 0. The fraction of sp³-hybridized carbons (Fsp3) is 0.545. The minimum Gasteiger partial charge on any atom is -0.268 e. The van der Waals surface area contributed by atoms with Crippen molar-refractivity contribution < 1.29 is 4.79 Å². The molecule has 1 aliphatic heterocycles. The number of allylic oxidation sites excluding steroid dienone is 1. The van der Waals surface area contributed by atoms with E-state index in [1.807, 2.05) is 13.8 Å². The zero-order chi connectivity index (χ0) is 10.5. The molecule has 2 aliphatic rings. The minimum atomic E-state index is -0.339. The van der Waals surface area contributed by atoms with Gasteiger partial charge in [-0.25, -0.2) is 5.84 Å². The molecule has 0 saturated carbocycles. The van der Waals surface area contributed by atoms with Gasteiger partial charge >= 0.3 is 0 Å². The summed E-state index contributed by atoms with van der Waals surface area (Å²) in [6.45, 7) is 6.08. The predicted octanol–water partition coefficient (Wildman–Crippen LogP) is 1.52. The molecule has 0 aromatic rings. The first-order valence-corrected chi connectivity index (χ1v) is 4.94. The molecule has 0 radical (unpaired) electrons. The normalized spacial score (nSPS) is 25.3. The largest absolute Gasteiger partial charge is 0.268 e. The Bertz CT molecular complexity index is 363. The first-order valence-electron chi connectivity index (χ1n) is 4.94. The molecule has 1 amide bonds. The highest BCUT2D eigenvalue weighted by atomic mass is 16.2. The lowest BCUT2D eigenvalue weighted by Crippen LogP contribution is -2.48. The van der Waals surface area contributed by atoms with E-state index in [4.69, 9.17) is 5.84 Å². The van der Waals surface area contributed by atoms with E-state index >= 15 is 0 Å². The number of amides is 1. The second kappa shape index (κ2) is 2.70. The lowest BCUT2D eigenvalue weighted by molar-refractivity contribution is -0.129. The topological polar surface area (TPSA) is 46.3 Å². The van der Waals surface area contributed by atoms with Crippen molar-refractivity contribution in [2.45, 2.75) is 39.2 Å². The summed E-state index contributed by atoms with van der Waals surface area (Å²) < 4.78 is 0. The van der Waals surface area contributed by atoms with Gasteiger partial charge in [0.25, 0.3) is 5.91 Å². The van der Waals surface area contributed by atoms with Crippen molar-refractivity contribution >= 4 is 5.91 Å². The van der Waals surface area contributed by atoms with Gasteiger partial charge in [-0.2, -0.15) is 0 Å². The van der Waals surface area contributed by atoms with Gasteiger partial charge in [0.1, 0.15) is 0 Å². The van der Waals surface area contributed by atoms with Crippen LogP contribution in [0.25, 0.3) is 0 Å². The van der Waals surface area contributed by atoms with Crippen LogP contribution in [0.15, 0.2) is 22.8 Å². The van der Waals surface area contributed by atoms with Crippen LogP contribution in [0.5, 0.6) is 0 Å². The highest BCUT2D eigenvalue weighted by Crippen LogP contribution is 2.39. The van der Waals surface area contributed by atoms with Gasteiger partial charge < -0.3 is 0 Å². The smallest absolute Gasteiger partial charge is 0.264 e. The molecule has 0 fully saturated rings. The second-order valence-corrected chi connectivity index (χ2v) is 4.62. The van der Waals surface area contributed by atoms with Crippen LogP contribution < -0.4 is 5.84 Å². The molecule has 2 rings (SSSR count). The van der Waals surface area contributed by atoms with Gasteiger partial charge in [0.2, 0.25) is 0 Å². The van der Waals surface area contributed by atoms with Crippen LogP contribution >= 0.6 is 0 Å². The molecule has 1 heterocycles. The molecular weight excluding hydrogens is 176 g/mol. The maximum absolute atomic E-state index is 11.8. The van der Waals surface area contributed by atoms with Gasteiger partial charge in [-0.3, -0.25) is 9.80 Å². The molecule has 0 unspecified atom stereocenters. The minimum absolute atomic E-state index is 0.00579. The number of hydrogen-bond acceptors (Lipinski definition) is 2. The summed E-state index contributed by atoms with van der Waals surface area (Å²) in [5, 5.41) is 1.35. The van der Waals surface area contributed by atoms with Gasteiger partial charge in [0, 0.05) is 5.57 Å². The van der Waals surface area contributed by atoms with E-state index in [-0.39, 0.29) is 11.4 Å². The number of hydrogen-bond donors (Lipinski definition) is 1. The molecule has 0 saturated heterocycles. The SMILES string of the molecule is CC1=CC2=C(CC1)C(=O)N(N)C2(C)C. The third-order valence-corrected chi connectivity index (χ3v) is 3.22. The lowest BCUT2D eigenvalue weighted by Gasteiger charge is -2.29. The monoisotopic (exact) mass is 192 g/mol. The molecule has 2 N–H and O–H groups in total.